The molecule has 0 rings (SSSR count). The molecule has 0 fully saturated rings. The molecule has 0 aromatic rings. The van der Waals surface area contributed by atoms with Gasteiger partial charge in [0.05, 0.1) is 0 Å². The van der Waals surface area contributed by atoms with E-state index in [1.807, 2.05) is 6.58 Å². The summed E-state index contributed by atoms with van der Waals surface area (Å²) in [7, 11) is 0. The van der Waals surface area contributed by atoms with Gasteiger partial charge in [-0.05, 0) is 0 Å². The van der Waals surface area contributed by atoms with Gasteiger partial charge in [0.15, 0.2) is 0 Å². The molecule has 1 N–H and O–H groups in total. The molecule has 0 aromatic carbocycles. The third-order valence-electron chi connectivity index (χ3n) is 5.89. The summed E-state index contributed by atoms with van der Waals surface area (Å²) in [5, 5.41) is 8.19. The Morgan fingerprint density at radius 3 is 0.673 bits per heavy atom. The second-order valence-electron chi connectivity index (χ2n) is 9.18. The van der Waals surface area contributed by atoms with Crippen molar-refractivity contribution in [1.29, 1.82) is 0 Å². The van der Waals surface area contributed by atoms with Crippen molar-refractivity contribution in [1.82, 2.24) is 0 Å². The van der Waals surface area contributed by atoms with E-state index >= 15 is 0 Å². The van der Waals surface area contributed by atoms with Crippen LogP contribution in [0.1, 0.15) is 6.42 Å². The molecule has 0 unspecified atom stereocenters. The average molecular weight is 804 g/mol. The SMILES string of the molecule is C=C(CC(F)(F)C(F)(F)C(F)(F)C(F)(F)C(F)(F)C(F)(F)C(F)(F)C(F)(F)C(F)(F)C(F)(F)C(F)(F)C(F)(F)C(F)(F)C(F)(F)F)C(=O)O. The molecule has 0 radical (unpaired) electrons. The summed E-state index contributed by atoms with van der Waals surface area (Å²) in [6.45, 7) is 1.92. The number of carboxylic acid groups (broad SMARTS) is 1. The zero-order valence-corrected chi connectivity index (χ0v) is 21.2. The van der Waals surface area contributed by atoms with Gasteiger partial charge in [-0.2, -0.15) is 127 Å². The highest BCUT2D eigenvalue weighted by atomic mass is 19.4. The van der Waals surface area contributed by atoms with E-state index in [-0.39, 0.29) is 0 Å². The molecule has 0 heterocycles. The minimum absolute atomic E-state index is 1.92. The Balaban J connectivity index is 7.55. The van der Waals surface area contributed by atoms with Gasteiger partial charge in [-0.25, -0.2) is 4.79 Å². The number of halogens is 29. The van der Waals surface area contributed by atoms with Gasteiger partial charge >= 0.3 is 89.1 Å². The van der Waals surface area contributed by atoms with Crippen LogP contribution < -0.4 is 0 Å². The van der Waals surface area contributed by atoms with Crippen molar-refractivity contribution >= 4 is 5.97 Å². The smallest absolute Gasteiger partial charge is 0.460 e. The van der Waals surface area contributed by atoms with E-state index in [0.717, 1.165) is 0 Å². The van der Waals surface area contributed by atoms with Crippen LogP contribution in [0.4, 0.5) is 127 Å². The fraction of sp³-hybridized carbons (Fsp3) is 0.833. The van der Waals surface area contributed by atoms with Gasteiger partial charge < -0.3 is 5.11 Å². The van der Waals surface area contributed by atoms with Crippen LogP contribution in [-0.2, 0) is 4.79 Å². The quantitative estimate of drug-likeness (QED) is 0.132. The fourth-order valence-electron chi connectivity index (χ4n) is 2.83. The van der Waals surface area contributed by atoms with Crippen molar-refractivity contribution in [3.63, 3.8) is 0 Å². The van der Waals surface area contributed by atoms with Crippen molar-refractivity contribution in [2.24, 2.45) is 0 Å². The minimum Gasteiger partial charge on any atom is -0.478 e. The second-order valence-corrected chi connectivity index (χ2v) is 9.18. The van der Waals surface area contributed by atoms with Gasteiger partial charge in [0.25, 0.3) is 0 Å². The molecule has 292 valence electrons. The van der Waals surface area contributed by atoms with Crippen LogP contribution in [0.3, 0.4) is 0 Å². The minimum atomic E-state index is -9.99. The summed E-state index contributed by atoms with van der Waals surface area (Å²) < 4.78 is 389. The van der Waals surface area contributed by atoms with Crippen molar-refractivity contribution < 1.29 is 137 Å². The molecule has 0 aliphatic heterocycles. The number of carboxylic acids is 1. The Morgan fingerprint density at radius 1 is 0.347 bits per heavy atom. The highest BCUT2D eigenvalue weighted by Gasteiger charge is 3.00. The molecule has 0 saturated carbocycles. The molecule has 0 aromatic heterocycles. The third kappa shape index (κ3) is 5.55. The van der Waals surface area contributed by atoms with Crippen LogP contribution in [0.5, 0.6) is 0 Å². The van der Waals surface area contributed by atoms with Crippen LogP contribution in [0, 0.1) is 0 Å². The molecule has 49 heavy (non-hydrogen) atoms. The van der Waals surface area contributed by atoms with Crippen molar-refractivity contribution in [3.05, 3.63) is 12.2 Å². The lowest BCUT2D eigenvalue weighted by molar-refractivity contribution is -0.487. The lowest BCUT2D eigenvalue weighted by Gasteiger charge is -2.46. The predicted molar refractivity (Wildman–Crippen MR) is 91.8 cm³/mol. The number of aliphatic carboxylic acids is 1. The summed E-state index contributed by atoms with van der Waals surface area (Å²) in [5.74, 6) is -124. The number of rotatable bonds is 15. The zero-order chi connectivity index (χ0) is 40.9. The summed E-state index contributed by atoms with van der Waals surface area (Å²) >= 11 is 0. The van der Waals surface area contributed by atoms with Gasteiger partial charge in [-0.15, -0.1) is 0 Å². The van der Waals surface area contributed by atoms with Crippen LogP contribution in [0.25, 0.3) is 0 Å². The second kappa shape index (κ2) is 11.3. The molecule has 0 aliphatic carbocycles. The van der Waals surface area contributed by atoms with Gasteiger partial charge in [0, 0.05) is 12.0 Å². The number of alkyl halides is 29. The summed E-state index contributed by atoms with van der Waals surface area (Å²) in [6, 6.07) is 0. The first-order valence-electron chi connectivity index (χ1n) is 10.5. The number of carbonyl (C=O) groups is 1. The average Bonchev–Trinajstić information content (AvgIpc) is 2.86. The Labute approximate surface area is 246 Å². The molecule has 0 saturated heterocycles. The molecule has 0 amide bonds. The third-order valence-corrected chi connectivity index (χ3v) is 5.89. The number of hydrogen-bond acceptors (Lipinski definition) is 1. The maximum atomic E-state index is 13.8. The zero-order valence-electron chi connectivity index (χ0n) is 21.2. The van der Waals surface area contributed by atoms with Gasteiger partial charge in [0.2, 0.25) is 0 Å². The first-order chi connectivity index (χ1) is 20.6. The largest absolute Gasteiger partial charge is 0.478 e. The van der Waals surface area contributed by atoms with Gasteiger partial charge in [-0.3, -0.25) is 0 Å². The standard InChI is InChI=1S/C18H5F29O2/c1-3(4(48)49)2-5(19,20)6(21,22)7(23,24)8(25,26)9(27,28)10(29,30)11(31,32)12(33,34)13(35,36)14(37,38)15(39,40)16(41,42)17(43,44)18(45,46)47/h1-2H2,(H,48,49). The first kappa shape index (κ1) is 46.2. The van der Waals surface area contributed by atoms with E-state index in [2.05, 4.69) is 0 Å². The summed E-state index contributed by atoms with van der Waals surface area (Å²) in [4.78, 5) is 10.3. The molecular weight excluding hydrogens is 799 g/mol. The van der Waals surface area contributed by atoms with Gasteiger partial charge in [-0.1, -0.05) is 6.58 Å². The monoisotopic (exact) mass is 804 g/mol. The Morgan fingerprint density at radius 2 is 0.510 bits per heavy atom. The van der Waals surface area contributed by atoms with E-state index in [1.54, 1.807) is 0 Å². The topological polar surface area (TPSA) is 37.3 Å². The van der Waals surface area contributed by atoms with Crippen molar-refractivity contribution in [2.75, 3.05) is 0 Å². The highest BCUT2D eigenvalue weighted by Crippen LogP contribution is 2.69. The number of hydrogen-bond donors (Lipinski definition) is 1. The van der Waals surface area contributed by atoms with Gasteiger partial charge in [0.1, 0.15) is 0 Å². The van der Waals surface area contributed by atoms with E-state index in [4.69, 9.17) is 5.11 Å². The maximum absolute atomic E-state index is 13.8. The van der Waals surface area contributed by atoms with Crippen LogP contribution in [0.2, 0.25) is 0 Å². The lowest BCUT2D eigenvalue weighted by atomic mass is 9.83. The summed E-state index contributed by atoms with van der Waals surface area (Å²) in [6.07, 6.45) is -11.9. The van der Waals surface area contributed by atoms with Crippen LogP contribution in [0.15, 0.2) is 12.2 Å². The summed E-state index contributed by atoms with van der Waals surface area (Å²) in [5.41, 5.74) is -2.45. The van der Waals surface area contributed by atoms with Crippen molar-refractivity contribution in [2.45, 2.75) is 89.6 Å². The van der Waals surface area contributed by atoms with E-state index in [1.165, 1.54) is 0 Å². The maximum Gasteiger partial charge on any atom is 0.460 e. The van der Waals surface area contributed by atoms with Crippen molar-refractivity contribution in [3.8, 4) is 0 Å². The normalized spacial score (nSPS) is 16.6. The molecule has 0 atom stereocenters. The Bertz CT molecular complexity index is 1270. The Kier molecular flexibility index (Phi) is 10.7. The van der Waals surface area contributed by atoms with E-state index < -0.39 is 101 Å². The van der Waals surface area contributed by atoms with E-state index in [0.29, 0.717) is 0 Å². The Hall–Kier alpha value is -2.82. The molecular formula is C18H5F29O2. The van der Waals surface area contributed by atoms with Crippen LogP contribution in [-0.4, -0.2) is 94.2 Å². The fourth-order valence-corrected chi connectivity index (χ4v) is 2.83. The van der Waals surface area contributed by atoms with E-state index in [9.17, 15) is 132 Å². The highest BCUT2D eigenvalue weighted by molar-refractivity contribution is 5.85. The molecule has 31 heteroatoms. The molecule has 0 bridgehead atoms. The first-order valence-corrected chi connectivity index (χ1v) is 10.5. The van der Waals surface area contributed by atoms with Crippen LogP contribution >= 0.6 is 0 Å². The molecule has 0 spiro atoms. The predicted octanol–water partition coefficient (Wildman–Crippen LogP) is 9.84. The molecule has 2 nitrogen and oxygen atoms in total. The molecule has 0 aliphatic rings. The lowest BCUT2D eigenvalue weighted by Crippen LogP contribution is -2.79.